The molecule has 0 bridgehead atoms. The first-order valence-corrected chi connectivity index (χ1v) is 6.74. The predicted molar refractivity (Wildman–Crippen MR) is 77.9 cm³/mol. The number of carbonyl (C=O) groups is 3. The summed E-state index contributed by atoms with van der Waals surface area (Å²) < 4.78 is 2.57. The summed E-state index contributed by atoms with van der Waals surface area (Å²) in [7, 11) is 0. The number of nitrogens with zero attached hydrogens (tertiary/aromatic N) is 1. The first kappa shape index (κ1) is 16.6. The summed E-state index contributed by atoms with van der Waals surface area (Å²) in [6.45, 7) is 1.25. The first-order valence-electron chi connectivity index (χ1n) is 5.80. The average Bonchev–Trinajstić information content (AvgIpc) is 2.43. The van der Waals surface area contributed by atoms with Crippen molar-refractivity contribution in [3.63, 3.8) is 0 Å². The van der Waals surface area contributed by atoms with Crippen molar-refractivity contribution < 1.29 is 19.5 Å². The molecule has 1 unspecified atom stereocenters. The molecule has 0 aliphatic carbocycles. The molecule has 21 heavy (non-hydrogen) atoms. The number of aromatic carboxylic acids is 1. The molecule has 1 aromatic rings. The van der Waals surface area contributed by atoms with Gasteiger partial charge in [-0.25, -0.2) is 4.79 Å². The zero-order valence-electron chi connectivity index (χ0n) is 11.0. The van der Waals surface area contributed by atoms with Gasteiger partial charge in [-0.2, -0.15) is 0 Å². The molecule has 1 rings (SSSR count). The zero-order chi connectivity index (χ0) is 15.8. The van der Waals surface area contributed by atoms with Gasteiger partial charge in [-0.3, -0.25) is 9.59 Å². The number of carboxylic acids is 1. The third-order valence-corrected chi connectivity index (χ3v) is 2.98. The van der Waals surface area contributed by atoms with E-state index in [1.54, 1.807) is 0 Å². The highest BCUT2D eigenvalue weighted by atomic mass is 32.2. The lowest BCUT2D eigenvalue weighted by Gasteiger charge is -2.15. The fraction of sp³-hybridized carbons (Fsp3) is 0.250. The number of carbonyl (C=O) groups excluding carboxylic acids is 2. The van der Waals surface area contributed by atoms with E-state index in [9.17, 15) is 19.3 Å². The van der Waals surface area contributed by atoms with Crippen molar-refractivity contribution in [1.29, 1.82) is 0 Å². The quantitative estimate of drug-likeness (QED) is 0.514. The molecular formula is C12H13N3O5S. The number of nitroso groups, excluding NO2 is 1. The van der Waals surface area contributed by atoms with Gasteiger partial charge in [0.25, 0.3) is 0 Å². The van der Waals surface area contributed by atoms with E-state index in [0.29, 0.717) is 17.6 Å². The van der Waals surface area contributed by atoms with Crippen molar-refractivity contribution >= 4 is 35.4 Å². The van der Waals surface area contributed by atoms with E-state index in [-0.39, 0.29) is 11.3 Å². The lowest BCUT2D eigenvalue weighted by Crippen LogP contribution is -2.44. The van der Waals surface area contributed by atoms with Gasteiger partial charge in [0.05, 0.1) is 5.56 Å². The maximum Gasteiger partial charge on any atom is 0.335 e. The van der Waals surface area contributed by atoms with Gasteiger partial charge >= 0.3 is 5.97 Å². The second-order valence-corrected chi connectivity index (χ2v) is 4.74. The minimum Gasteiger partial charge on any atom is -0.478 e. The van der Waals surface area contributed by atoms with Gasteiger partial charge < -0.3 is 15.7 Å². The monoisotopic (exact) mass is 311 g/mol. The van der Waals surface area contributed by atoms with E-state index in [1.807, 2.05) is 0 Å². The summed E-state index contributed by atoms with van der Waals surface area (Å²) >= 11 is 0.620. The summed E-state index contributed by atoms with van der Waals surface area (Å²) in [5.74, 6) is -2.01. The van der Waals surface area contributed by atoms with Crippen LogP contribution >= 0.6 is 11.9 Å². The molecule has 0 saturated heterocycles. The normalized spacial score (nSPS) is 11.3. The fourth-order valence-electron chi connectivity index (χ4n) is 1.46. The number of rotatable bonds is 7. The van der Waals surface area contributed by atoms with Crippen LogP contribution in [0, 0.1) is 4.91 Å². The molecule has 0 spiro atoms. The van der Waals surface area contributed by atoms with E-state index in [0.717, 1.165) is 0 Å². The van der Waals surface area contributed by atoms with Gasteiger partial charge in [0.1, 0.15) is 6.04 Å². The Hall–Kier alpha value is -2.42. The minimum absolute atomic E-state index is 0.00211. The summed E-state index contributed by atoms with van der Waals surface area (Å²) in [5.41, 5.74) is 0.469. The Morgan fingerprint density at radius 3 is 2.38 bits per heavy atom. The van der Waals surface area contributed by atoms with Gasteiger partial charge in [-0.1, -0.05) is 0 Å². The molecule has 1 atom stereocenters. The lowest BCUT2D eigenvalue weighted by molar-refractivity contribution is -0.124. The molecule has 0 heterocycles. The van der Waals surface area contributed by atoms with Crippen LogP contribution < -0.4 is 10.6 Å². The van der Waals surface area contributed by atoms with E-state index >= 15 is 0 Å². The predicted octanol–water partition coefficient (Wildman–Crippen LogP) is 1.24. The fourth-order valence-corrected chi connectivity index (χ4v) is 1.90. The maximum absolute atomic E-state index is 12.0. The second kappa shape index (κ2) is 8.00. The Kier molecular flexibility index (Phi) is 6.34. The number of hydrogen-bond acceptors (Lipinski definition) is 6. The smallest absolute Gasteiger partial charge is 0.335 e. The zero-order valence-corrected chi connectivity index (χ0v) is 11.8. The van der Waals surface area contributed by atoms with E-state index < -0.39 is 23.8 Å². The molecular weight excluding hydrogens is 298 g/mol. The summed E-state index contributed by atoms with van der Waals surface area (Å²) in [6.07, 6.45) is 0. The van der Waals surface area contributed by atoms with Crippen LogP contribution in [0.2, 0.25) is 0 Å². The van der Waals surface area contributed by atoms with Gasteiger partial charge in [-0.15, -0.1) is 4.91 Å². The Morgan fingerprint density at radius 1 is 1.29 bits per heavy atom. The molecule has 9 heteroatoms. The number of hydrogen-bond donors (Lipinski definition) is 3. The third kappa shape index (κ3) is 5.61. The number of nitrogens with one attached hydrogen (secondary N) is 2. The van der Waals surface area contributed by atoms with Gasteiger partial charge in [0.2, 0.25) is 11.8 Å². The SMILES string of the molecule is CC(=O)NC(CSN=O)C(=O)Nc1ccc(C(=O)O)cc1. The highest BCUT2D eigenvalue weighted by molar-refractivity contribution is 7.97. The van der Waals surface area contributed by atoms with E-state index in [1.165, 1.54) is 31.2 Å². The Bertz CT molecular complexity index is 546. The number of carboxylic acid groups (broad SMARTS) is 1. The topological polar surface area (TPSA) is 125 Å². The molecule has 8 nitrogen and oxygen atoms in total. The highest BCUT2D eigenvalue weighted by Crippen LogP contribution is 2.11. The maximum atomic E-state index is 12.0. The van der Waals surface area contributed by atoms with Gasteiger partial charge in [0, 0.05) is 34.9 Å². The second-order valence-electron chi connectivity index (χ2n) is 4.00. The Balaban J connectivity index is 2.72. The lowest BCUT2D eigenvalue weighted by atomic mass is 10.2. The Labute approximate surface area is 124 Å². The van der Waals surface area contributed by atoms with Crippen LogP contribution in [-0.2, 0) is 9.59 Å². The summed E-state index contributed by atoms with van der Waals surface area (Å²) in [4.78, 5) is 43.8. The van der Waals surface area contributed by atoms with Crippen molar-refractivity contribution in [2.24, 2.45) is 4.58 Å². The number of amides is 2. The highest BCUT2D eigenvalue weighted by Gasteiger charge is 2.20. The van der Waals surface area contributed by atoms with Crippen LogP contribution in [0.5, 0.6) is 0 Å². The van der Waals surface area contributed by atoms with Crippen LogP contribution in [0.15, 0.2) is 28.8 Å². The molecule has 2 amide bonds. The van der Waals surface area contributed by atoms with E-state index in [4.69, 9.17) is 5.11 Å². The largest absolute Gasteiger partial charge is 0.478 e. The molecule has 0 aliphatic rings. The van der Waals surface area contributed by atoms with Crippen LogP contribution in [0.25, 0.3) is 0 Å². The molecule has 0 fully saturated rings. The first-order chi connectivity index (χ1) is 9.93. The number of benzene rings is 1. The van der Waals surface area contributed by atoms with Crippen molar-refractivity contribution in [3.8, 4) is 0 Å². The molecule has 0 saturated carbocycles. The summed E-state index contributed by atoms with van der Waals surface area (Å²) in [6, 6.07) is 4.62. The van der Waals surface area contributed by atoms with Crippen molar-refractivity contribution in [2.45, 2.75) is 13.0 Å². The molecule has 0 radical (unpaired) electrons. The van der Waals surface area contributed by atoms with Gasteiger partial charge in [0.15, 0.2) is 0 Å². The van der Waals surface area contributed by atoms with Crippen molar-refractivity contribution in [1.82, 2.24) is 5.32 Å². The standard InChI is InChI=1S/C12H13N3O5S/c1-7(16)13-10(6-21-15-20)11(17)14-9-4-2-8(3-5-9)12(18)19/h2-5,10H,6H2,1H3,(H,13,16)(H,14,17)(H,18,19). The summed E-state index contributed by atoms with van der Waals surface area (Å²) in [5, 5.41) is 13.7. The Morgan fingerprint density at radius 2 is 1.90 bits per heavy atom. The van der Waals surface area contributed by atoms with Gasteiger partial charge in [-0.05, 0) is 24.3 Å². The molecule has 112 valence electrons. The minimum atomic E-state index is -1.07. The molecule has 0 aromatic heterocycles. The van der Waals surface area contributed by atoms with Crippen LogP contribution in [0.3, 0.4) is 0 Å². The third-order valence-electron chi connectivity index (χ3n) is 2.39. The number of anilines is 1. The molecule has 3 N–H and O–H groups in total. The van der Waals surface area contributed by atoms with Crippen LogP contribution in [0.4, 0.5) is 5.69 Å². The van der Waals surface area contributed by atoms with E-state index in [2.05, 4.69) is 15.2 Å². The molecule has 1 aromatic carbocycles. The van der Waals surface area contributed by atoms with Crippen LogP contribution in [0.1, 0.15) is 17.3 Å². The van der Waals surface area contributed by atoms with Crippen molar-refractivity contribution in [3.05, 3.63) is 34.7 Å². The van der Waals surface area contributed by atoms with Crippen LogP contribution in [-0.4, -0.2) is 34.7 Å². The molecule has 0 aliphatic heterocycles. The average molecular weight is 311 g/mol. The van der Waals surface area contributed by atoms with Crippen molar-refractivity contribution in [2.75, 3.05) is 11.1 Å².